The van der Waals surface area contributed by atoms with Gasteiger partial charge in [-0.05, 0) is 88.5 Å². The zero-order valence-electron chi connectivity index (χ0n) is 37.2. The summed E-state index contributed by atoms with van der Waals surface area (Å²) in [6.07, 6.45) is 0. The Morgan fingerprint density at radius 1 is 0.304 bits per heavy atom. The first-order valence-electron chi connectivity index (χ1n) is 23.3. The third-order valence-corrected chi connectivity index (χ3v) is 13.6. The molecule has 4 aromatic heterocycles. The summed E-state index contributed by atoms with van der Waals surface area (Å²) in [6.45, 7) is 0. The molecular weight excluding hydrogens is 843 g/mol. The molecule has 0 spiro atoms. The van der Waals surface area contributed by atoms with E-state index >= 15 is 0 Å². The van der Waals surface area contributed by atoms with E-state index in [1.54, 1.807) is 0 Å². The van der Waals surface area contributed by atoms with Gasteiger partial charge in [-0.2, -0.15) is 9.97 Å². The Kier molecular flexibility index (Phi) is 8.79. The fraction of sp³-hybridized carbons (Fsp3) is 0. The van der Waals surface area contributed by atoms with E-state index < -0.39 is 0 Å². The van der Waals surface area contributed by atoms with Crippen molar-refractivity contribution in [3.05, 3.63) is 237 Å². The van der Waals surface area contributed by atoms with E-state index in [0.717, 1.165) is 93.8 Å². The molecule has 0 saturated carbocycles. The highest BCUT2D eigenvalue weighted by Gasteiger charge is 2.22. The van der Waals surface area contributed by atoms with Gasteiger partial charge in [0.2, 0.25) is 5.95 Å². The standard InChI is InChI=1S/C63H39N5O/c1-4-17-40(18-5-1)42-33-35-55-53(38-42)59-47(27-16-31-56(59)67(55)46-23-8-3-9-24-46)43-21-14-22-45(37-43)62-64-61(41-19-6-2-7-20-41)65-63(66-62)68-54-30-12-10-25-49(54)51-29-15-28-48(60(51)68)44-34-36-58-52(39-44)50-26-11-13-32-57(50)69-58/h1-39H. The average molecular weight is 882 g/mol. The second-order valence-corrected chi connectivity index (χ2v) is 17.6. The molecule has 6 heteroatoms. The fourth-order valence-corrected chi connectivity index (χ4v) is 10.5. The molecule has 0 fully saturated rings. The van der Waals surface area contributed by atoms with Crippen molar-refractivity contribution >= 4 is 65.6 Å². The number of hydrogen-bond donors (Lipinski definition) is 0. The second kappa shape index (κ2) is 15.6. The van der Waals surface area contributed by atoms with Crippen molar-refractivity contribution in [2.75, 3.05) is 0 Å². The molecule has 14 rings (SSSR count). The lowest BCUT2D eigenvalue weighted by molar-refractivity contribution is 0.669. The molecule has 0 radical (unpaired) electrons. The molecule has 0 aliphatic rings. The van der Waals surface area contributed by atoms with Crippen molar-refractivity contribution in [2.45, 2.75) is 0 Å². The van der Waals surface area contributed by atoms with Crippen LogP contribution in [0.4, 0.5) is 0 Å². The van der Waals surface area contributed by atoms with E-state index in [0.29, 0.717) is 17.6 Å². The molecule has 14 aromatic rings. The third-order valence-electron chi connectivity index (χ3n) is 13.6. The first-order valence-corrected chi connectivity index (χ1v) is 23.3. The largest absolute Gasteiger partial charge is 0.456 e. The van der Waals surface area contributed by atoms with Gasteiger partial charge in [-0.1, -0.05) is 176 Å². The summed E-state index contributed by atoms with van der Waals surface area (Å²) in [4.78, 5) is 16.0. The van der Waals surface area contributed by atoms with Gasteiger partial charge in [-0.15, -0.1) is 0 Å². The maximum Gasteiger partial charge on any atom is 0.238 e. The molecule has 0 aliphatic heterocycles. The summed E-state index contributed by atoms with van der Waals surface area (Å²) >= 11 is 0. The Labute approximate surface area is 396 Å². The molecule has 0 bridgehead atoms. The van der Waals surface area contributed by atoms with Crippen molar-refractivity contribution in [1.29, 1.82) is 0 Å². The summed E-state index contributed by atoms with van der Waals surface area (Å²) in [6, 6.07) is 83.4. The van der Waals surface area contributed by atoms with Crippen molar-refractivity contribution in [2.24, 2.45) is 0 Å². The van der Waals surface area contributed by atoms with E-state index in [4.69, 9.17) is 19.4 Å². The molecule has 10 aromatic carbocycles. The molecule has 69 heavy (non-hydrogen) atoms. The molecular formula is C63H39N5O. The molecule has 6 nitrogen and oxygen atoms in total. The van der Waals surface area contributed by atoms with Crippen molar-refractivity contribution in [3.63, 3.8) is 0 Å². The van der Waals surface area contributed by atoms with Crippen LogP contribution in [-0.2, 0) is 0 Å². The molecule has 0 saturated heterocycles. The van der Waals surface area contributed by atoms with Gasteiger partial charge in [-0.25, -0.2) is 4.98 Å². The maximum absolute atomic E-state index is 6.27. The molecule has 0 amide bonds. The van der Waals surface area contributed by atoms with Crippen LogP contribution in [0.2, 0.25) is 0 Å². The van der Waals surface area contributed by atoms with E-state index in [2.05, 4.69) is 215 Å². The number of furan rings is 1. The highest BCUT2D eigenvalue weighted by molar-refractivity contribution is 6.17. The van der Waals surface area contributed by atoms with Crippen LogP contribution < -0.4 is 0 Å². The smallest absolute Gasteiger partial charge is 0.238 e. The van der Waals surface area contributed by atoms with Crippen molar-refractivity contribution in [1.82, 2.24) is 24.1 Å². The van der Waals surface area contributed by atoms with Crippen LogP contribution in [0.1, 0.15) is 0 Å². The summed E-state index contributed by atoms with van der Waals surface area (Å²) in [5.41, 5.74) is 15.7. The van der Waals surface area contributed by atoms with Crippen LogP contribution in [-0.4, -0.2) is 24.1 Å². The molecule has 322 valence electrons. The topological polar surface area (TPSA) is 61.7 Å². The zero-order chi connectivity index (χ0) is 45.4. The van der Waals surface area contributed by atoms with Crippen LogP contribution in [0.3, 0.4) is 0 Å². The summed E-state index contributed by atoms with van der Waals surface area (Å²) in [5, 5.41) is 6.78. The van der Waals surface area contributed by atoms with Crippen molar-refractivity contribution < 1.29 is 4.42 Å². The van der Waals surface area contributed by atoms with Crippen LogP contribution in [0.25, 0.3) is 133 Å². The van der Waals surface area contributed by atoms with E-state index in [-0.39, 0.29) is 0 Å². The van der Waals surface area contributed by atoms with Crippen molar-refractivity contribution in [3.8, 4) is 67.8 Å². The van der Waals surface area contributed by atoms with E-state index in [9.17, 15) is 0 Å². The Morgan fingerprint density at radius 3 is 1.71 bits per heavy atom. The van der Waals surface area contributed by atoms with Gasteiger partial charge in [0.05, 0.1) is 22.1 Å². The Bertz CT molecular complexity index is 4300. The first-order chi connectivity index (χ1) is 34.2. The van der Waals surface area contributed by atoms with Crippen LogP contribution in [0.5, 0.6) is 0 Å². The monoisotopic (exact) mass is 881 g/mol. The lowest BCUT2D eigenvalue weighted by Crippen LogP contribution is -2.07. The molecule has 4 heterocycles. The number of fused-ring (bicyclic) bond motifs is 9. The highest BCUT2D eigenvalue weighted by atomic mass is 16.3. The molecule has 0 aliphatic carbocycles. The van der Waals surface area contributed by atoms with Gasteiger partial charge >= 0.3 is 0 Å². The number of nitrogens with zero attached hydrogens (tertiary/aromatic N) is 5. The third kappa shape index (κ3) is 6.30. The summed E-state index contributed by atoms with van der Waals surface area (Å²) in [5.74, 6) is 1.72. The zero-order valence-corrected chi connectivity index (χ0v) is 37.2. The number of para-hydroxylation sites is 4. The summed E-state index contributed by atoms with van der Waals surface area (Å²) < 4.78 is 10.9. The Morgan fingerprint density at radius 2 is 0.870 bits per heavy atom. The van der Waals surface area contributed by atoms with E-state index in [1.165, 1.54) is 21.9 Å². The lowest BCUT2D eigenvalue weighted by Gasteiger charge is -2.13. The predicted molar refractivity (Wildman–Crippen MR) is 283 cm³/mol. The van der Waals surface area contributed by atoms with E-state index in [1.807, 2.05) is 30.3 Å². The first kappa shape index (κ1) is 38.8. The number of aromatic nitrogens is 5. The van der Waals surface area contributed by atoms with Crippen LogP contribution >= 0.6 is 0 Å². The predicted octanol–water partition coefficient (Wildman–Crippen LogP) is 16.3. The molecule has 0 atom stereocenters. The highest BCUT2D eigenvalue weighted by Crippen LogP contribution is 2.43. The minimum Gasteiger partial charge on any atom is -0.456 e. The quantitative estimate of drug-likeness (QED) is 0.160. The fourth-order valence-electron chi connectivity index (χ4n) is 10.5. The van der Waals surface area contributed by atoms with Gasteiger partial charge in [-0.3, -0.25) is 4.57 Å². The van der Waals surface area contributed by atoms with Gasteiger partial charge in [0, 0.05) is 54.7 Å². The Hall–Kier alpha value is -9.39. The lowest BCUT2D eigenvalue weighted by atomic mass is 9.96. The number of rotatable bonds is 7. The van der Waals surface area contributed by atoms with Gasteiger partial charge in [0.15, 0.2) is 11.6 Å². The minimum absolute atomic E-state index is 0.541. The molecule has 0 N–H and O–H groups in total. The maximum atomic E-state index is 6.27. The summed E-state index contributed by atoms with van der Waals surface area (Å²) in [7, 11) is 0. The number of benzene rings is 10. The average Bonchev–Trinajstić information content (AvgIpc) is 4.09. The van der Waals surface area contributed by atoms with Gasteiger partial charge in [0.25, 0.3) is 0 Å². The van der Waals surface area contributed by atoms with Crippen LogP contribution in [0.15, 0.2) is 241 Å². The minimum atomic E-state index is 0.541. The Balaban J connectivity index is 0.988. The van der Waals surface area contributed by atoms with Crippen LogP contribution in [0, 0.1) is 0 Å². The molecule has 0 unspecified atom stereocenters. The van der Waals surface area contributed by atoms with Gasteiger partial charge in [0.1, 0.15) is 11.2 Å². The number of hydrogen-bond acceptors (Lipinski definition) is 4. The SMILES string of the molecule is c1ccc(-c2ccc3c(c2)c2c(-c4cccc(-c5nc(-c6ccccc6)nc(-n6c7ccccc7c7cccc(-c8ccc9oc%10ccccc%10c9c8)c76)n5)c4)cccc2n3-c2ccccc2)cc1. The second-order valence-electron chi connectivity index (χ2n) is 17.6. The normalized spacial score (nSPS) is 11.8. The van der Waals surface area contributed by atoms with Gasteiger partial charge < -0.3 is 8.98 Å².